The second-order valence-electron chi connectivity index (χ2n) is 6.99. The molecule has 0 amide bonds. The molecule has 0 saturated carbocycles. The van der Waals surface area contributed by atoms with Crippen LogP contribution in [0.25, 0.3) is 0 Å². The standard InChI is InChI=1S/C24H20N3S/c1-3-7-19(8-4-1)15-26-14-12-23-22(17-26)25-21-11-13-27(18-24(21)28-23)16-20-9-5-2-6-10-20/h1-14,17-18H,15-16H2/q+1/p+1. The lowest BCUT2D eigenvalue weighted by molar-refractivity contribution is -0.690. The average molecular weight is 384 g/mol. The van der Waals surface area contributed by atoms with Gasteiger partial charge in [0, 0.05) is 28.2 Å². The largest absolute Gasteiger partial charge is 0.348 e. The quantitative estimate of drug-likeness (QED) is 0.459. The molecule has 2 aromatic heterocycles. The van der Waals surface area contributed by atoms with Crippen LogP contribution in [0.5, 0.6) is 0 Å². The van der Waals surface area contributed by atoms with Crippen LogP contribution in [-0.4, -0.2) is 0 Å². The number of rotatable bonds is 4. The van der Waals surface area contributed by atoms with E-state index in [9.17, 15) is 0 Å². The van der Waals surface area contributed by atoms with Crippen molar-refractivity contribution in [1.29, 1.82) is 0 Å². The molecule has 4 aromatic rings. The van der Waals surface area contributed by atoms with Crippen molar-refractivity contribution in [2.45, 2.75) is 22.9 Å². The molecule has 0 fully saturated rings. The van der Waals surface area contributed by atoms with E-state index in [1.807, 2.05) is 11.8 Å². The molecule has 4 heteroatoms. The molecular weight excluding hydrogens is 362 g/mol. The van der Waals surface area contributed by atoms with Gasteiger partial charge in [-0.05, 0) is 0 Å². The zero-order valence-electron chi connectivity index (χ0n) is 15.5. The van der Waals surface area contributed by atoms with Crippen LogP contribution in [0.4, 0.5) is 11.4 Å². The van der Waals surface area contributed by atoms with Gasteiger partial charge in [-0.2, -0.15) is 9.13 Å². The molecule has 136 valence electrons. The Kier molecular flexibility index (Phi) is 4.55. The van der Waals surface area contributed by atoms with E-state index in [2.05, 4.69) is 112 Å². The van der Waals surface area contributed by atoms with E-state index in [0.717, 1.165) is 18.8 Å². The van der Waals surface area contributed by atoms with Crippen molar-refractivity contribution in [2.75, 3.05) is 5.32 Å². The number of anilines is 2. The van der Waals surface area contributed by atoms with Crippen molar-refractivity contribution < 1.29 is 9.13 Å². The van der Waals surface area contributed by atoms with Gasteiger partial charge < -0.3 is 5.32 Å². The Morgan fingerprint density at radius 1 is 0.607 bits per heavy atom. The molecule has 0 atom stereocenters. The SMILES string of the molecule is c1ccc(C[n+]2ccc3c(c2)Nc2cc[n+](Cc4ccccc4)cc2S3)cc1. The summed E-state index contributed by atoms with van der Waals surface area (Å²) in [6, 6.07) is 25.5. The van der Waals surface area contributed by atoms with Crippen molar-refractivity contribution in [1.82, 2.24) is 0 Å². The molecule has 3 heterocycles. The number of benzene rings is 2. The van der Waals surface area contributed by atoms with E-state index in [-0.39, 0.29) is 0 Å². The number of nitrogens with one attached hydrogen (secondary N) is 1. The topological polar surface area (TPSA) is 19.8 Å². The highest BCUT2D eigenvalue weighted by Crippen LogP contribution is 2.42. The van der Waals surface area contributed by atoms with Crippen LogP contribution in [0.1, 0.15) is 11.1 Å². The normalized spacial score (nSPS) is 12.0. The van der Waals surface area contributed by atoms with E-state index in [4.69, 9.17) is 0 Å². The Morgan fingerprint density at radius 3 is 1.89 bits per heavy atom. The third kappa shape index (κ3) is 3.64. The Bertz CT molecular complexity index is 1020. The van der Waals surface area contributed by atoms with Gasteiger partial charge in [0.1, 0.15) is 5.69 Å². The summed E-state index contributed by atoms with van der Waals surface area (Å²) >= 11 is 1.83. The minimum atomic E-state index is 0.874. The van der Waals surface area contributed by atoms with E-state index in [0.29, 0.717) is 0 Å². The molecule has 0 radical (unpaired) electrons. The van der Waals surface area contributed by atoms with Crippen molar-refractivity contribution in [3.8, 4) is 0 Å². The maximum Gasteiger partial charge on any atom is 0.193 e. The summed E-state index contributed by atoms with van der Waals surface area (Å²) in [6.45, 7) is 1.76. The summed E-state index contributed by atoms with van der Waals surface area (Å²) in [4.78, 5) is 2.51. The van der Waals surface area contributed by atoms with E-state index >= 15 is 0 Å². The molecule has 0 spiro atoms. The number of aromatic nitrogens is 2. The fourth-order valence-corrected chi connectivity index (χ4v) is 4.45. The summed E-state index contributed by atoms with van der Waals surface area (Å²) in [5.74, 6) is 0. The van der Waals surface area contributed by atoms with Crippen LogP contribution in [-0.2, 0) is 13.1 Å². The Morgan fingerprint density at radius 2 is 1.21 bits per heavy atom. The van der Waals surface area contributed by atoms with Gasteiger partial charge in [-0.25, -0.2) is 0 Å². The van der Waals surface area contributed by atoms with Gasteiger partial charge in [0.2, 0.25) is 0 Å². The van der Waals surface area contributed by atoms with Gasteiger partial charge in [-0.3, -0.25) is 0 Å². The van der Waals surface area contributed by atoms with Crippen molar-refractivity contribution >= 4 is 23.1 Å². The van der Waals surface area contributed by atoms with Gasteiger partial charge >= 0.3 is 0 Å². The Balaban J connectivity index is 1.37. The third-order valence-corrected chi connectivity index (χ3v) is 5.99. The first-order chi connectivity index (χ1) is 13.8. The highest BCUT2D eigenvalue weighted by molar-refractivity contribution is 7.99. The van der Waals surface area contributed by atoms with Crippen LogP contribution < -0.4 is 14.5 Å². The van der Waals surface area contributed by atoms with Crippen molar-refractivity contribution in [2.24, 2.45) is 0 Å². The molecule has 1 N–H and O–H groups in total. The van der Waals surface area contributed by atoms with Gasteiger partial charge in [0.25, 0.3) is 0 Å². The predicted molar refractivity (Wildman–Crippen MR) is 112 cm³/mol. The van der Waals surface area contributed by atoms with Gasteiger partial charge in [0.05, 0.1) is 10.6 Å². The van der Waals surface area contributed by atoms with Crippen molar-refractivity contribution in [3.63, 3.8) is 0 Å². The van der Waals surface area contributed by atoms with Gasteiger partial charge in [0.15, 0.2) is 37.9 Å². The zero-order valence-corrected chi connectivity index (χ0v) is 16.3. The first-order valence-corrected chi connectivity index (χ1v) is 10.2. The smallest absolute Gasteiger partial charge is 0.193 e. The van der Waals surface area contributed by atoms with Crippen LogP contribution in [0.3, 0.4) is 0 Å². The molecule has 5 rings (SSSR count). The summed E-state index contributed by atoms with van der Waals surface area (Å²) in [5, 5.41) is 3.60. The van der Waals surface area contributed by atoms with Crippen LogP contribution in [0.15, 0.2) is 107 Å². The highest BCUT2D eigenvalue weighted by atomic mass is 32.2. The maximum atomic E-state index is 3.60. The molecule has 1 aliphatic rings. The van der Waals surface area contributed by atoms with E-state index in [1.54, 1.807) is 0 Å². The van der Waals surface area contributed by atoms with Crippen LogP contribution in [0, 0.1) is 0 Å². The summed E-state index contributed by atoms with van der Waals surface area (Å²) in [6.07, 6.45) is 8.73. The Labute approximate surface area is 169 Å². The number of nitrogens with zero attached hydrogens (tertiary/aromatic N) is 2. The number of pyridine rings is 2. The fraction of sp³-hybridized carbons (Fsp3) is 0.0833. The maximum absolute atomic E-state index is 3.60. The zero-order chi connectivity index (χ0) is 18.8. The minimum Gasteiger partial charge on any atom is -0.348 e. The number of hydrogen-bond acceptors (Lipinski definition) is 2. The number of hydrogen-bond donors (Lipinski definition) is 1. The molecule has 0 bridgehead atoms. The molecule has 0 unspecified atom stereocenters. The van der Waals surface area contributed by atoms with Gasteiger partial charge in [-0.15, -0.1) is 0 Å². The lowest BCUT2D eigenvalue weighted by Crippen LogP contribution is -2.35. The van der Waals surface area contributed by atoms with Crippen LogP contribution in [0.2, 0.25) is 0 Å². The van der Waals surface area contributed by atoms with Gasteiger partial charge in [-0.1, -0.05) is 72.4 Å². The summed E-state index contributed by atoms with van der Waals surface area (Å²) in [5.41, 5.74) is 4.94. The summed E-state index contributed by atoms with van der Waals surface area (Å²) in [7, 11) is 0. The van der Waals surface area contributed by atoms with Crippen molar-refractivity contribution in [3.05, 3.63) is 109 Å². The lowest BCUT2D eigenvalue weighted by Gasteiger charge is -2.18. The second kappa shape index (κ2) is 7.49. The summed E-state index contributed by atoms with van der Waals surface area (Å²) < 4.78 is 4.47. The first-order valence-electron chi connectivity index (χ1n) is 9.42. The molecule has 2 aromatic carbocycles. The average Bonchev–Trinajstić information content (AvgIpc) is 2.74. The number of fused-ring (bicyclic) bond motifs is 2. The molecule has 28 heavy (non-hydrogen) atoms. The Hall–Kier alpha value is -3.11. The third-order valence-electron chi connectivity index (χ3n) is 4.86. The fourth-order valence-electron chi connectivity index (χ4n) is 3.46. The first kappa shape index (κ1) is 17.0. The lowest BCUT2D eigenvalue weighted by atomic mass is 10.2. The van der Waals surface area contributed by atoms with E-state index in [1.165, 1.54) is 26.6 Å². The minimum absolute atomic E-state index is 0.874. The molecule has 0 saturated heterocycles. The molecule has 0 aliphatic carbocycles. The van der Waals surface area contributed by atoms with Crippen LogP contribution >= 0.6 is 11.8 Å². The van der Waals surface area contributed by atoms with E-state index < -0.39 is 0 Å². The molecular formula is C24H21N3S+2. The predicted octanol–water partition coefficient (Wildman–Crippen LogP) is 4.57. The highest BCUT2D eigenvalue weighted by Gasteiger charge is 2.21. The molecule has 3 nitrogen and oxygen atoms in total. The second-order valence-corrected chi connectivity index (χ2v) is 8.07. The monoisotopic (exact) mass is 383 g/mol. The molecule has 1 aliphatic heterocycles.